The molecule has 0 fully saturated rings. The highest BCUT2D eigenvalue weighted by Gasteiger charge is 2.25. The molecule has 7 nitrogen and oxygen atoms in total. The summed E-state index contributed by atoms with van der Waals surface area (Å²) in [5.41, 5.74) is 3.67. The van der Waals surface area contributed by atoms with Crippen molar-refractivity contribution in [2.45, 2.75) is 24.8 Å². The molecule has 1 amide bonds. The summed E-state index contributed by atoms with van der Waals surface area (Å²) in [7, 11) is -1.57. The average molecular weight is 450 g/mol. The molecular formula is C24H23N3O4S. The first-order chi connectivity index (χ1) is 15.2. The minimum absolute atomic E-state index is 0.208. The van der Waals surface area contributed by atoms with Crippen molar-refractivity contribution in [3.8, 4) is 11.3 Å². The van der Waals surface area contributed by atoms with Crippen molar-refractivity contribution in [3.63, 3.8) is 0 Å². The maximum atomic E-state index is 13.6. The fraction of sp³-hybridized carbons (Fsp3) is 0.208. The van der Waals surface area contributed by atoms with Crippen LogP contribution in [0, 0.1) is 6.92 Å². The fourth-order valence-corrected chi connectivity index (χ4v) is 4.23. The van der Waals surface area contributed by atoms with Crippen LogP contribution in [-0.4, -0.2) is 42.7 Å². The lowest BCUT2D eigenvalue weighted by atomic mass is 10.0. The van der Waals surface area contributed by atoms with Gasteiger partial charge >= 0.3 is 0 Å². The summed E-state index contributed by atoms with van der Waals surface area (Å²) in [5.74, 6) is -0.208. The molecule has 0 aliphatic carbocycles. The molecule has 4 rings (SSSR count). The largest absolute Gasteiger partial charge is 0.335 e. The summed E-state index contributed by atoms with van der Waals surface area (Å²) in [4.78, 5) is 20.0. The quantitative estimate of drug-likeness (QED) is 0.447. The van der Waals surface area contributed by atoms with E-state index >= 15 is 0 Å². The van der Waals surface area contributed by atoms with Crippen molar-refractivity contribution >= 4 is 26.8 Å². The predicted octanol–water partition coefficient (Wildman–Crippen LogP) is 4.43. The highest BCUT2D eigenvalue weighted by molar-refractivity contribution is 7.90. The number of rotatable bonds is 5. The Morgan fingerprint density at radius 3 is 2.34 bits per heavy atom. The average Bonchev–Trinajstić information content (AvgIpc) is 3.18. The number of benzene rings is 2. The maximum Gasteiger partial charge on any atom is 0.259 e. The van der Waals surface area contributed by atoms with Gasteiger partial charge in [-0.1, -0.05) is 47.6 Å². The van der Waals surface area contributed by atoms with Gasteiger partial charge in [0.05, 0.1) is 33.3 Å². The van der Waals surface area contributed by atoms with E-state index in [1.165, 1.54) is 6.26 Å². The van der Waals surface area contributed by atoms with Crippen molar-refractivity contribution in [2.24, 2.45) is 0 Å². The zero-order valence-corrected chi connectivity index (χ0v) is 19.1. The van der Waals surface area contributed by atoms with Crippen LogP contribution >= 0.6 is 0 Å². The third-order valence-corrected chi connectivity index (χ3v) is 6.74. The molecule has 0 bridgehead atoms. The summed E-state index contributed by atoms with van der Waals surface area (Å²) in [6, 6.07) is 17.6. The van der Waals surface area contributed by atoms with E-state index in [1.807, 2.05) is 37.3 Å². The molecule has 1 unspecified atom stereocenters. The third kappa shape index (κ3) is 4.01. The molecule has 2 aromatic carbocycles. The van der Waals surface area contributed by atoms with Gasteiger partial charge in [-0.2, -0.15) is 0 Å². The second kappa shape index (κ2) is 8.20. The smallest absolute Gasteiger partial charge is 0.259 e. The minimum Gasteiger partial charge on any atom is -0.335 e. The van der Waals surface area contributed by atoms with E-state index in [1.54, 1.807) is 49.2 Å². The zero-order chi connectivity index (χ0) is 23.0. The van der Waals surface area contributed by atoms with Gasteiger partial charge in [-0.25, -0.2) is 13.4 Å². The number of aryl methyl sites for hydroxylation is 1. The summed E-state index contributed by atoms with van der Waals surface area (Å²) >= 11 is 0. The Balaban J connectivity index is 1.73. The molecule has 0 saturated carbocycles. The molecule has 0 radical (unpaired) electrons. The van der Waals surface area contributed by atoms with Gasteiger partial charge < -0.3 is 9.42 Å². The molecule has 4 aromatic rings. The molecule has 0 saturated heterocycles. The molecule has 32 heavy (non-hydrogen) atoms. The molecule has 164 valence electrons. The first-order valence-electron chi connectivity index (χ1n) is 10.1. The monoisotopic (exact) mass is 449 g/mol. The van der Waals surface area contributed by atoms with E-state index in [-0.39, 0.29) is 16.8 Å². The number of nitrogens with zero attached hydrogens (tertiary/aromatic N) is 3. The van der Waals surface area contributed by atoms with Crippen molar-refractivity contribution in [1.29, 1.82) is 0 Å². The van der Waals surface area contributed by atoms with Gasteiger partial charge in [0.15, 0.2) is 9.84 Å². The topological polar surface area (TPSA) is 93.4 Å². The van der Waals surface area contributed by atoms with Crippen LogP contribution in [0.25, 0.3) is 22.4 Å². The van der Waals surface area contributed by atoms with Crippen molar-refractivity contribution in [2.75, 3.05) is 13.3 Å². The van der Waals surface area contributed by atoms with Crippen LogP contribution in [0.4, 0.5) is 0 Å². The van der Waals surface area contributed by atoms with Crippen LogP contribution in [0.3, 0.4) is 0 Å². The second-order valence-electron chi connectivity index (χ2n) is 7.80. The molecule has 2 heterocycles. The number of amides is 1. The molecule has 0 N–H and O–H groups in total. The summed E-state index contributed by atoms with van der Waals surface area (Å²) in [6.07, 6.45) is 1.17. The Kier molecular flexibility index (Phi) is 5.56. The number of fused-ring (bicyclic) bond motifs is 1. The Morgan fingerprint density at radius 2 is 1.72 bits per heavy atom. The van der Waals surface area contributed by atoms with Gasteiger partial charge in [0.1, 0.15) is 0 Å². The number of sulfone groups is 1. The Morgan fingerprint density at radius 1 is 1.06 bits per heavy atom. The normalized spacial score (nSPS) is 12.6. The highest BCUT2D eigenvalue weighted by atomic mass is 32.2. The lowest BCUT2D eigenvalue weighted by Gasteiger charge is -2.26. The van der Waals surface area contributed by atoms with E-state index in [4.69, 9.17) is 4.52 Å². The number of aromatic nitrogens is 2. The van der Waals surface area contributed by atoms with Gasteiger partial charge in [0.2, 0.25) is 0 Å². The van der Waals surface area contributed by atoms with Crippen LogP contribution < -0.4 is 0 Å². The molecule has 0 spiro atoms. The summed E-state index contributed by atoms with van der Waals surface area (Å²) in [6.45, 7) is 3.67. The Labute approximate surface area is 186 Å². The maximum absolute atomic E-state index is 13.6. The second-order valence-corrected chi connectivity index (χ2v) is 9.82. The number of hydrogen-bond donors (Lipinski definition) is 0. The van der Waals surface area contributed by atoms with Crippen molar-refractivity contribution in [1.82, 2.24) is 15.0 Å². The number of carbonyl (C=O) groups is 1. The van der Waals surface area contributed by atoms with E-state index in [0.29, 0.717) is 28.1 Å². The van der Waals surface area contributed by atoms with Crippen LogP contribution in [0.15, 0.2) is 70.1 Å². The van der Waals surface area contributed by atoms with Gasteiger partial charge in [-0.3, -0.25) is 4.79 Å². The first-order valence-corrected chi connectivity index (χ1v) is 12.0. The van der Waals surface area contributed by atoms with Crippen molar-refractivity contribution in [3.05, 3.63) is 77.5 Å². The van der Waals surface area contributed by atoms with E-state index < -0.39 is 9.84 Å². The lowest BCUT2D eigenvalue weighted by molar-refractivity contribution is 0.0744. The van der Waals surface area contributed by atoms with Crippen LogP contribution in [0.1, 0.15) is 34.6 Å². The number of carbonyl (C=O) groups excluding carboxylic acids is 1. The van der Waals surface area contributed by atoms with Crippen LogP contribution in [0.5, 0.6) is 0 Å². The molecule has 1 atom stereocenters. The molecular weight excluding hydrogens is 426 g/mol. The fourth-order valence-electron chi connectivity index (χ4n) is 3.60. The standard InChI is InChI=1S/C24H23N3O4S/c1-15-22-20(14-21(25-23(22)31-26-15)18-8-6-5-7-9-18)24(28)27(3)16(2)17-10-12-19(13-11-17)32(4,29)30/h5-14,16H,1-4H3. The Hall–Kier alpha value is -3.52. The van der Waals surface area contributed by atoms with E-state index in [0.717, 1.165) is 11.1 Å². The molecule has 0 aliphatic heterocycles. The molecule has 8 heteroatoms. The minimum atomic E-state index is -3.28. The van der Waals surface area contributed by atoms with Gasteiger partial charge in [0.25, 0.3) is 11.6 Å². The number of pyridine rings is 1. The van der Waals surface area contributed by atoms with Crippen LogP contribution in [-0.2, 0) is 9.84 Å². The highest BCUT2D eigenvalue weighted by Crippen LogP contribution is 2.30. The van der Waals surface area contributed by atoms with Gasteiger partial charge in [-0.15, -0.1) is 0 Å². The zero-order valence-electron chi connectivity index (χ0n) is 18.2. The summed E-state index contributed by atoms with van der Waals surface area (Å²) < 4.78 is 28.9. The SMILES string of the molecule is Cc1noc2nc(-c3ccccc3)cc(C(=O)N(C)C(C)c3ccc(S(C)(=O)=O)cc3)c12. The summed E-state index contributed by atoms with van der Waals surface area (Å²) in [5, 5.41) is 4.59. The molecule has 2 aromatic heterocycles. The first kappa shape index (κ1) is 21.7. The lowest BCUT2D eigenvalue weighted by Crippen LogP contribution is -2.30. The predicted molar refractivity (Wildman–Crippen MR) is 122 cm³/mol. The van der Waals surface area contributed by atoms with E-state index in [9.17, 15) is 13.2 Å². The van der Waals surface area contributed by atoms with Crippen LogP contribution in [0.2, 0.25) is 0 Å². The van der Waals surface area contributed by atoms with Gasteiger partial charge in [0, 0.05) is 18.9 Å². The van der Waals surface area contributed by atoms with E-state index in [2.05, 4.69) is 10.1 Å². The number of hydrogen-bond acceptors (Lipinski definition) is 6. The molecule has 0 aliphatic rings. The van der Waals surface area contributed by atoms with Crippen molar-refractivity contribution < 1.29 is 17.7 Å². The Bertz CT molecular complexity index is 1390. The van der Waals surface area contributed by atoms with Gasteiger partial charge in [-0.05, 0) is 37.6 Å². The third-order valence-electron chi connectivity index (χ3n) is 5.61.